The van der Waals surface area contributed by atoms with Crippen LogP contribution in [0.1, 0.15) is 0 Å². The highest BCUT2D eigenvalue weighted by Gasteiger charge is 2.23. The van der Waals surface area contributed by atoms with Crippen LogP contribution in [0.15, 0.2) is 192 Å². The molecule has 2 nitrogen and oxygen atoms in total. The third kappa shape index (κ3) is 4.86. The maximum Gasteiger partial charge on any atom is 0.160 e. The molecule has 0 saturated heterocycles. The maximum absolute atomic E-state index is 6.92. The number of furan rings is 1. The molecule has 0 radical (unpaired) electrons. The zero-order valence-corrected chi connectivity index (χ0v) is 29.5. The van der Waals surface area contributed by atoms with Crippen LogP contribution >= 0.6 is 11.3 Å². The van der Waals surface area contributed by atoms with Crippen LogP contribution in [0.2, 0.25) is 0 Å². The zero-order chi connectivity index (χ0) is 34.9. The van der Waals surface area contributed by atoms with E-state index < -0.39 is 0 Å². The monoisotopic (exact) mass is 693 g/mol. The maximum atomic E-state index is 6.92. The standard InChI is InChI=1S/C50H31NOS/c1-2-12-35-30-36(21-20-32(35)10-1)33-22-24-37(25-23-33)51(38-26-29-48-44(31-38)41-15-6-8-19-47(41)53-48)45-28-27-42(40-17-9-13-34-11-3-4-14-39(34)40)49-43-16-5-7-18-46(43)52-50(45)49/h1-31H. The minimum absolute atomic E-state index is 0.866. The number of hydrogen-bond acceptors (Lipinski definition) is 3. The highest BCUT2D eigenvalue weighted by atomic mass is 32.1. The Hall–Kier alpha value is -6.68. The Bertz CT molecular complexity index is 3180. The van der Waals surface area contributed by atoms with Crippen LogP contribution < -0.4 is 4.90 Å². The molecule has 0 fully saturated rings. The summed E-state index contributed by atoms with van der Waals surface area (Å²) >= 11 is 1.84. The fraction of sp³-hybridized carbons (Fsp3) is 0. The molecule has 0 saturated carbocycles. The molecule has 11 rings (SSSR count). The Morgan fingerprint density at radius 1 is 0.396 bits per heavy atom. The first-order valence-corrected chi connectivity index (χ1v) is 18.8. The van der Waals surface area contributed by atoms with Crippen molar-refractivity contribution >= 4 is 92.1 Å². The van der Waals surface area contributed by atoms with Crippen LogP contribution in [-0.4, -0.2) is 0 Å². The van der Waals surface area contributed by atoms with Crippen molar-refractivity contribution in [3.8, 4) is 22.3 Å². The van der Waals surface area contributed by atoms with Crippen LogP contribution in [0.25, 0.3) is 85.9 Å². The topological polar surface area (TPSA) is 16.4 Å². The normalized spacial score (nSPS) is 11.8. The number of benzene rings is 9. The fourth-order valence-electron chi connectivity index (χ4n) is 8.13. The number of thiophene rings is 1. The SMILES string of the molecule is c1ccc2cc(-c3ccc(N(c4ccc5sc6ccccc6c5c4)c4ccc(-c5cccc6ccccc56)c5c4oc4ccccc45)cc3)ccc2c1. The molecule has 0 aliphatic rings. The van der Waals surface area contributed by atoms with Crippen LogP contribution in [-0.2, 0) is 0 Å². The van der Waals surface area contributed by atoms with Crippen molar-refractivity contribution in [2.24, 2.45) is 0 Å². The van der Waals surface area contributed by atoms with E-state index in [1.165, 1.54) is 58.4 Å². The van der Waals surface area contributed by atoms with E-state index in [1.807, 2.05) is 11.3 Å². The van der Waals surface area contributed by atoms with Crippen molar-refractivity contribution in [2.75, 3.05) is 4.90 Å². The average Bonchev–Trinajstić information content (AvgIpc) is 3.80. The fourth-order valence-corrected chi connectivity index (χ4v) is 9.21. The summed E-state index contributed by atoms with van der Waals surface area (Å²) in [6, 6.07) is 68.0. The predicted octanol–water partition coefficient (Wildman–Crippen LogP) is 15.1. The second-order valence-corrected chi connectivity index (χ2v) is 14.8. The van der Waals surface area contributed by atoms with Crippen molar-refractivity contribution in [3.05, 3.63) is 188 Å². The average molecular weight is 694 g/mol. The smallest absolute Gasteiger partial charge is 0.160 e. The van der Waals surface area contributed by atoms with Crippen molar-refractivity contribution in [1.82, 2.24) is 0 Å². The van der Waals surface area contributed by atoms with Crippen LogP contribution in [0, 0.1) is 0 Å². The first kappa shape index (κ1) is 30.0. The van der Waals surface area contributed by atoms with Gasteiger partial charge in [-0.25, -0.2) is 0 Å². The number of anilines is 3. The minimum atomic E-state index is 0.866. The molecule has 0 aliphatic heterocycles. The molecule has 0 amide bonds. The first-order chi connectivity index (χ1) is 26.3. The van der Waals surface area contributed by atoms with E-state index >= 15 is 0 Å². The Morgan fingerprint density at radius 2 is 1.08 bits per heavy atom. The summed E-state index contributed by atoms with van der Waals surface area (Å²) < 4.78 is 9.49. The van der Waals surface area contributed by atoms with Crippen LogP contribution in [0.5, 0.6) is 0 Å². The van der Waals surface area contributed by atoms with Gasteiger partial charge < -0.3 is 9.32 Å². The van der Waals surface area contributed by atoms with Gasteiger partial charge in [0.25, 0.3) is 0 Å². The predicted molar refractivity (Wildman–Crippen MR) is 227 cm³/mol. The molecule has 9 aromatic carbocycles. The number of para-hydroxylation sites is 1. The highest BCUT2D eigenvalue weighted by molar-refractivity contribution is 7.25. The van der Waals surface area contributed by atoms with Gasteiger partial charge in [0.05, 0.1) is 5.69 Å². The van der Waals surface area contributed by atoms with Crippen LogP contribution in [0.3, 0.4) is 0 Å². The lowest BCUT2D eigenvalue weighted by molar-refractivity contribution is 0.669. The minimum Gasteiger partial charge on any atom is -0.454 e. The van der Waals surface area contributed by atoms with Crippen LogP contribution in [0.4, 0.5) is 17.1 Å². The van der Waals surface area contributed by atoms with Crippen molar-refractivity contribution in [3.63, 3.8) is 0 Å². The van der Waals surface area contributed by atoms with Gasteiger partial charge in [-0.05, 0) is 98.4 Å². The zero-order valence-electron chi connectivity index (χ0n) is 28.7. The Morgan fingerprint density at radius 3 is 1.96 bits per heavy atom. The quantitative estimate of drug-likeness (QED) is 0.178. The van der Waals surface area contributed by atoms with Gasteiger partial charge in [0.2, 0.25) is 0 Å². The second kappa shape index (κ2) is 11.9. The van der Waals surface area contributed by atoms with Gasteiger partial charge in [0.1, 0.15) is 5.58 Å². The third-order valence-electron chi connectivity index (χ3n) is 10.7. The molecule has 0 N–H and O–H groups in total. The molecule has 53 heavy (non-hydrogen) atoms. The van der Waals surface area contributed by atoms with E-state index in [0.717, 1.165) is 44.6 Å². The molecule has 2 heterocycles. The van der Waals surface area contributed by atoms with Gasteiger partial charge in [-0.3, -0.25) is 0 Å². The second-order valence-electron chi connectivity index (χ2n) is 13.7. The largest absolute Gasteiger partial charge is 0.454 e. The Kier molecular flexibility index (Phi) is 6.76. The molecule has 0 unspecified atom stereocenters. The van der Waals surface area contributed by atoms with E-state index in [4.69, 9.17) is 4.42 Å². The lowest BCUT2D eigenvalue weighted by Gasteiger charge is -2.26. The molecule has 3 heteroatoms. The van der Waals surface area contributed by atoms with Crippen molar-refractivity contribution < 1.29 is 4.42 Å². The number of hydrogen-bond donors (Lipinski definition) is 0. The van der Waals surface area contributed by atoms with E-state index in [0.29, 0.717) is 0 Å². The van der Waals surface area contributed by atoms with E-state index in [-0.39, 0.29) is 0 Å². The van der Waals surface area contributed by atoms with Crippen molar-refractivity contribution in [2.45, 2.75) is 0 Å². The molecule has 0 spiro atoms. The Balaban J connectivity index is 1.15. The lowest BCUT2D eigenvalue weighted by Crippen LogP contribution is -2.10. The van der Waals surface area contributed by atoms with Gasteiger partial charge in [-0.15, -0.1) is 11.3 Å². The number of nitrogens with zero attached hydrogens (tertiary/aromatic N) is 1. The summed E-state index contributed by atoms with van der Waals surface area (Å²) in [6.07, 6.45) is 0. The highest BCUT2D eigenvalue weighted by Crippen LogP contribution is 2.48. The van der Waals surface area contributed by atoms with Crippen molar-refractivity contribution in [1.29, 1.82) is 0 Å². The van der Waals surface area contributed by atoms with E-state index in [2.05, 4.69) is 193 Å². The van der Waals surface area contributed by atoms with E-state index in [9.17, 15) is 0 Å². The molecule has 2 aromatic heterocycles. The number of rotatable bonds is 5. The van der Waals surface area contributed by atoms with Gasteiger partial charge in [-0.1, -0.05) is 133 Å². The van der Waals surface area contributed by atoms with Gasteiger partial charge in [0, 0.05) is 42.3 Å². The summed E-state index contributed by atoms with van der Waals surface area (Å²) in [5, 5.41) is 9.70. The van der Waals surface area contributed by atoms with Gasteiger partial charge >= 0.3 is 0 Å². The molecule has 0 atom stereocenters. The summed E-state index contributed by atoms with van der Waals surface area (Å²) in [6.45, 7) is 0. The molecule has 11 aromatic rings. The summed E-state index contributed by atoms with van der Waals surface area (Å²) in [4.78, 5) is 2.37. The van der Waals surface area contributed by atoms with Gasteiger partial charge in [0.15, 0.2) is 5.58 Å². The lowest BCUT2D eigenvalue weighted by atomic mass is 9.94. The molecule has 248 valence electrons. The summed E-state index contributed by atoms with van der Waals surface area (Å²) in [7, 11) is 0. The third-order valence-corrected chi connectivity index (χ3v) is 11.8. The summed E-state index contributed by atoms with van der Waals surface area (Å²) in [5.74, 6) is 0. The molecule has 0 aliphatic carbocycles. The van der Waals surface area contributed by atoms with E-state index in [1.54, 1.807) is 0 Å². The first-order valence-electron chi connectivity index (χ1n) is 18.0. The summed E-state index contributed by atoms with van der Waals surface area (Å²) in [5.41, 5.74) is 9.63. The van der Waals surface area contributed by atoms with Gasteiger partial charge in [-0.2, -0.15) is 0 Å². The Labute approximate surface area is 310 Å². The molecular weight excluding hydrogens is 663 g/mol. The number of fused-ring (bicyclic) bond motifs is 8. The molecule has 0 bridgehead atoms. The molecular formula is C50H31NOS.